The third-order valence-corrected chi connectivity index (χ3v) is 5.20. The summed E-state index contributed by atoms with van der Waals surface area (Å²) in [6, 6.07) is 19.9. The number of unbranched alkanes of at least 4 members (excludes halogenated alkanes) is 3. The van der Waals surface area contributed by atoms with Crippen molar-refractivity contribution in [2.45, 2.75) is 39.2 Å². The number of nitrogens with one attached hydrogen (secondary N) is 2. The monoisotopic (exact) mass is 434 g/mol. The zero-order valence-corrected chi connectivity index (χ0v) is 18.6. The van der Waals surface area contributed by atoms with Crippen molar-refractivity contribution in [2.75, 3.05) is 23.7 Å². The minimum Gasteiger partial charge on any atom is -0.370 e. The number of hydrogen-bond donors (Lipinski definition) is 2. The molecule has 3 aromatic rings. The molecule has 1 heterocycles. The fraction of sp³-hybridized carbons (Fsp3) is 0.308. The van der Waals surface area contributed by atoms with Gasteiger partial charge in [0.05, 0.1) is 6.54 Å². The lowest BCUT2D eigenvalue weighted by Gasteiger charge is -2.24. The molecule has 0 radical (unpaired) electrons. The first-order chi connectivity index (χ1) is 15.6. The highest BCUT2D eigenvalue weighted by Crippen LogP contribution is 2.15. The molecule has 1 aromatic heterocycles. The first-order valence-electron chi connectivity index (χ1n) is 11.1. The van der Waals surface area contributed by atoms with E-state index in [0.717, 1.165) is 49.3 Å². The van der Waals surface area contributed by atoms with Crippen molar-refractivity contribution < 1.29 is 9.18 Å². The van der Waals surface area contributed by atoms with Gasteiger partial charge in [-0.15, -0.1) is 0 Å². The highest BCUT2D eigenvalue weighted by Gasteiger charge is 2.16. The zero-order chi connectivity index (χ0) is 22.6. The maximum atomic E-state index is 14.2. The summed E-state index contributed by atoms with van der Waals surface area (Å²) in [7, 11) is 0. The average molecular weight is 435 g/mol. The number of hydrogen-bond acceptors (Lipinski definition) is 3. The molecule has 0 bridgehead atoms. The molecule has 0 unspecified atom stereocenters. The van der Waals surface area contributed by atoms with Crippen LogP contribution in [0.25, 0.3) is 0 Å². The number of aryl methyl sites for hydroxylation is 1. The Labute approximate surface area is 189 Å². The van der Waals surface area contributed by atoms with E-state index in [-0.39, 0.29) is 18.4 Å². The number of pyridine rings is 1. The van der Waals surface area contributed by atoms with Crippen LogP contribution in [0.2, 0.25) is 0 Å². The normalized spacial score (nSPS) is 10.6. The minimum absolute atomic E-state index is 0.212. The Morgan fingerprint density at radius 1 is 0.969 bits per heavy atom. The Bertz CT molecular complexity index is 980. The van der Waals surface area contributed by atoms with Crippen LogP contribution in [0, 0.1) is 12.7 Å². The van der Waals surface area contributed by atoms with Crippen LogP contribution in [0.1, 0.15) is 36.8 Å². The van der Waals surface area contributed by atoms with Crippen molar-refractivity contribution in [1.29, 1.82) is 0 Å². The Kier molecular flexibility index (Phi) is 9.05. The highest BCUT2D eigenvalue weighted by atomic mass is 19.1. The largest absolute Gasteiger partial charge is 0.370 e. The topological polar surface area (TPSA) is 57.3 Å². The van der Waals surface area contributed by atoms with E-state index < -0.39 is 0 Å². The summed E-state index contributed by atoms with van der Waals surface area (Å²) in [5.74, 6) is 0.595. The maximum Gasteiger partial charge on any atom is 0.322 e. The lowest BCUT2D eigenvalue weighted by Crippen LogP contribution is -2.35. The second-order valence-electron chi connectivity index (χ2n) is 7.87. The molecule has 0 atom stereocenters. The molecule has 0 fully saturated rings. The van der Waals surface area contributed by atoms with Gasteiger partial charge in [0.1, 0.15) is 11.6 Å². The van der Waals surface area contributed by atoms with E-state index in [1.165, 1.54) is 6.07 Å². The number of halogens is 1. The molecule has 0 saturated carbocycles. The van der Waals surface area contributed by atoms with Gasteiger partial charge in [-0.05, 0) is 55.7 Å². The van der Waals surface area contributed by atoms with Crippen LogP contribution in [0.5, 0.6) is 0 Å². The highest BCUT2D eigenvalue weighted by molar-refractivity contribution is 5.89. The maximum absolute atomic E-state index is 14.2. The van der Waals surface area contributed by atoms with Crippen LogP contribution >= 0.6 is 0 Å². The van der Waals surface area contributed by atoms with Gasteiger partial charge in [-0.1, -0.05) is 49.2 Å². The molecule has 2 aromatic carbocycles. The lowest BCUT2D eigenvalue weighted by atomic mass is 10.1. The van der Waals surface area contributed by atoms with Gasteiger partial charge < -0.3 is 15.5 Å². The average Bonchev–Trinajstić information content (AvgIpc) is 2.79. The standard InChI is InChI=1S/C26H31FN4O/c1-21-11-10-13-23(19-21)30-26(32)31(20-22-12-4-5-14-24(22)27)18-9-3-2-7-16-28-25-15-6-8-17-29-25/h4-6,8,10-15,17,19H,2-3,7,9,16,18,20H2,1H3,(H,28,29)(H,30,32). The first kappa shape index (κ1) is 23.3. The Hall–Kier alpha value is -3.41. The molecule has 5 nitrogen and oxygen atoms in total. The number of amides is 2. The fourth-order valence-corrected chi connectivity index (χ4v) is 3.48. The molecule has 0 aliphatic heterocycles. The molecule has 3 rings (SSSR count). The molecule has 168 valence electrons. The van der Waals surface area contributed by atoms with E-state index >= 15 is 0 Å². The van der Waals surface area contributed by atoms with Crippen LogP contribution in [0.15, 0.2) is 72.9 Å². The number of nitrogens with zero attached hydrogens (tertiary/aromatic N) is 2. The quantitative estimate of drug-likeness (QED) is 0.352. The third-order valence-electron chi connectivity index (χ3n) is 5.20. The van der Waals surface area contributed by atoms with Gasteiger partial charge in [0, 0.05) is 30.5 Å². The van der Waals surface area contributed by atoms with Gasteiger partial charge in [0.2, 0.25) is 0 Å². The molecule has 2 N–H and O–H groups in total. The van der Waals surface area contributed by atoms with Crippen LogP contribution in [0.4, 0.5) is 20.7 Å². The van der Waals surface area contributed by atoms with E-state index in [2.05, 4.69) is 15.6 Å². The van der Waals surface area contributed by atoms with Crippen molar-refractivity contribution in [2.24, 2.45) is 0 Å². The number of benzene rings is 2. The third kappa shape index (κ3) is 7.69. The van der Waals surface area contributed by atoms with Gasteiger partial charge in [-0.2, -0.15) is 0 Å². The van der Waals surface area contributed by atoms with Crippen molar-refractivity contribution in [3.63, 3.8) is 0 Å². The van der Waals surface area contributed by atoms with Crippen molar-refractivity contribution in [1.82, 2.24) is 9.88 Å². The van der Waals surface area contributed by atoms with Crippen LogP contribution in [0.3, 0.4) is 0 Å². The van der Waals surface area contributed by atoms with Crippen molar-refractivity contribution in [3.05, 3.63) is 89.9 Å². The van der Waals surface area contributed by atoms with Gasteiger partial charge in [-0.25, -0.2) is 14.2 Å². The SMILES string of the molecule is Cc1cccc(NC(=O)N(CCCCCCNc2ccccn2)Cc2ccccc2F)c1. The molecule has 0 aliphatic rings. The smallest absolute Gasteiger partial charge is 0.322 e. The van der Waals surface area contributed by atoms with E-state index in [1.54, 1.807) is 29.3 Å². The molecule has 0 saturated heterocycles. The molecule has 32 heavy (non-hydrogen) atoms. The molecule has 2 amide bonds. The van der Waals surface area contributed by atoms with Crippen LogP contribution in [-0.4, -0.2) is 29.0 Å². The number of urea groups is 1. The predicted molar refractivity (Wildman–Crippen MR) is 128 cm³/mol. The number of carbonyl (C=O) groups excluding carboxylic acids is 1. The van der Waals surface area contributed by atoms with Gasteiger partial charge in [0.15, 0.2) is 0 Å². The second kappa shape index (κ2) is 12.4. The number of anilines is 2. The number of carbonyl (C=O) groups is 1. The molecule has 6 heteroatoms. The first-order valence-corrected chi connectivity index (χ1v) is 11.1. The molecule has 0 spiro atoms. The zero-order valence-electron chi connectivity index (χ0n) is 18.6. The van der Waals surface area contributed by atoms with Gasteiger partial charge >= 0.3 is 6.03 Å². The summed E-state index contributed by atoms with van der Waals surface area (Å²) in [6.07, 6.45) is 5.70. The molecular weight excluding hydrogens is 403 g/mol. The Morgan fingerprint density at radius 3 is 2.56 bits per heavy atom. The van der Waals surface area contributed by atoms with E-state index in [1.807, 2.05) is 49.4 Å². The van der Waals surface area contributed by atoms with E-state index in [0.29, 0.717) is 12.1 Å². The van der Waals surface area contributed by atoms with Crippen LogP contribution in [-0.2, 0) is 6.54 Å². The summed E-state index contributed by atoms with van der Waals surface area (Å²) in [6.45, 7) is 3.66. The number of rotatable bonds is 11. The Morgan fingerprint density at radius 2 is 1.78 bits per heavy atom. The Balaban J connectivity index is 1.49. The van der Waals surface area contributed by atoms with Crippen LogP contribution < -0.4 is 10.6 Å². The van der Waals surface area contributed by atoms with E-state index in [9.17, 15) is 9.18 Å². The summed E-state index contributed by atoms with van der Waals surface area (Å²) in [4.78, 5) is 18.9. The summed E-state index contributed by atoms with van der Waals surface area (Å²) >= 11 is 0. The van der Waals surface area contributed by atoms with Gasteiger partial charge in [-0.3, -0.25) is 0 Å². The summed E-state index contributed by atoms with van der Waals surface area (Å²) in [5.41, 5.74) is 2.34. The summed E-state index contributed by atoms with van der Waals surface area (Å²) in [5, 5.41) is 6.26. The van der Waals surface area contributed by atoms with E-state index in [4.69, 9.17) is 0 Å². The van der Waals surface area contributed by atoms with Crippen molar-refractivity contribution in [3.8, 4) is 0 Å². The second-order valence-corrected chi connectivity index (χ2v) is 7.87. The number of aromatic nitrogens is 1. The predicted octanol–water partition coefficient (Wildman–Crippen LogP) is 6.24. The van der Waals surface area contributed by atoms with Gasteiger partial charge in [0.25, 0.3) is 0 Å². The fourth-order valence-electron chi connectivity index (χ4n) is 3.48. The molecular formula is C26H31FN4O. The molecule has 0 aliphatic carbocycles. The minimum atomic E-state index is -0.290. The van der Waals surface area contributed by atoms with Crippen molar-refractivity contribution >= 4 is 17.5 Å². The lowest BCUT2D eigenvalue weighted by molar-refractivity contribution is 0.207. The summed E-state index contributed by atoms with van der Waals surface area (Å²) < 4.78 is 14.2.